The summed E-state index contributed by atoms with van der Waals surface area (Å²) < 4.78 is 31.6. The van der Waals surface area contributed by atoms with Crippen molar-refractivity contribution in [2.75, 3.05) is 0 Å². The van der Waals surface area contributed by atoms with E-state index in [0.717, 1.165) is 0 Å². The molecule has 22 heavy (non-hydrogen) atoms. The summed E-state index contributed by atoms with van der Waals surface area (Å²) in [6.45, 7) is 0. The average molecular weight is 343 g/mol. The van der Waals surface area contributed by atoms with Crippen molar-refractivity contribution in [3.05, 3.63) is 47.6 Å². The quantitative estimate of drug-likeness (QED) is 0.669. The first kappa shape index (κ1) is 14.8. The molecule has 2 aromatic heterocycles. The van der Waals surface area contributed by atoms with Crippen LogP contribution in [0.1, 0.15) is 5.82 Å². The second-order valence-electron chi connectivity index (χ2n) is 4.17. The minimum Gasteiger partial charge on any atom is -0.424 e. The van der Waals surface area contributed by atoms with E-state index < -0.39 is 11.2 Å². The Hall–Kier alpha value is -2.12. The number of benzene rings is 1. The number of nitrogens with zero attached hydrogens (tertiary/aromatic N) is 4. The van der Waals surface area contributed by atoms with Crippen LogP contribution in [0.3, 0.4) is 0 Å². The molecule has 0 spiro atoms. The van der Waals surface area contributed by atoms with Gasteiger partial charge in [-0.3, -0.25) is 0 Å². The molecule has 5 nitrogen and oxygen atoms in total. The van der Waals surface area contributed by atoms with Gasteiger partial charge < -0.3 is 4.74 Å². The highest BCUT2D eigenvalue weighted by Gasteiger charge is 2.32. The molecule has 0 aliphatic carbocycles. The Morgan fingerprint density at radius 1 is 1.05 bits per heavy atom. The zero-order valence-electron chi connectivity index (χ0n) is 10.7. The zero-order chi connectivity index (χ0) is 15.7. The number of fused-ring (bicyclic) bond motifs is 1. The Kier molecular flexibility index (Phi) is 3.76. The maximum Gasteiger partial charge on any atom is 0.381 e. The summed E-state index contributed by atoms with van der Waals surface area (Å²) in [5, 5.41) is -2.85. The van der Waals surface area contributed by atoms with Crippen LogP contribution in [0.4, 0.5) is 8.78 Å². The minimum atomic E-state index is -3.63. The van der Waals surface area contributed by atoms with Crippen LogP contribution in [-0.2, 0) is 5.38 Å². The van der Waals surface area contributed by atoms with Crippen molar-refractivity contribution in [3.63, 3.8) is 0 Å². The average Bonchev–Trinajstić information content (AvgIpc) is 2.48. The second-order valence-corrected chi connectivity index (χ2v) is 5.08. The first-order chi connectivity index (χ1) is 10.4. The smallest absolute Gasteiger partial charge is 0.381 e. The lowest BCUT2D eigenvalue weighted by molar-refractivity contribution is 0.0849. The van der Waals surface area contributed by atoms with Crippen LogP contribution < -0.4 is 4.74 Å². The number of halogens is 4. The highest BCUT2D eigenvalue weighted by atomic mass is 35.5. The van der Waals surface area contributed by atoms with E-state index in [1.54, 1.807) is 18.2 Å². The van der Waals surface area contributed by atoms with Crippen molar-refractivity contribution in [2.24, 2.45) is 0 Å². The number of hydrogen-bond acceptors (Lipinski definition) is 5. The topological polar surface area (TPSA) is 60.8 Å². The van der Waals surface area contributed by atoms with Crippen LogP contribution in [0.2, 0.25) is 5.02 Å². The molecule has 3 aromatic rings. The van der Waals surface area contributed by atoms with Gasteiger partial charge in [0.2, 0.25) is 5.82 Å². The normalized spacial score (nSPS) is 11.6. The monoisotopic (exact) mass is 342 g/mol. The molecule has 0 unspecified atom stereocenters. The number of aromatic nitrogens is 4. The predicted octanol–water partition coefficient (Wildman–Crippen LogP) is 4.15. The van der Waals surface area contributed by atoms with Gasteiger partial charge in [0, 0.05) is 6.20 Å². The van der Waals surface area contributed by atoms with Crippen LogP contribution in [0.5, 0.6) is 11.8 Å². The third-order valence-electron chi connectivity index (χ3n) is 2.64. The van der Waals surface area contributed by atoms with Gasteiger partial charge in [-0.25, -0.2) is 19.9 Å². The van der Waals surface area contributed by atoms with Crippen LogP contribution >= 0.6 is 23.2 Å². The van der Waals surface area contributed by atoms with Crippen LogP contribution in [0.15, 0.2) is 36.8 Å². The van der Waals surface area contributed by atoms with Crippen LogP contribution in [0.25, 0.3) is 10.9 Å². The molecule has 112 valence electrons. The molecular weight excluding hydrogens is 337 g/mol. The van der Waals surface area contributed by atoms with Crippen LogP contribution in [0, 0.1) is 0 Å². The van der Waals surface area contributed by atoms with Crippen molar-refractivity contribution >= 4 is 34.1 Å². The van der Waals surface area contributed by atoms with Crippen molar-refractivity contribution < 1.29 is 13.5 Å². The second kappa shape index (κ2) is 5.58. The Labute approximate surface area is 132 Å². The fraction of sp³-hybridized carbons (Fsp3) is 0.0769. The van der Waals surface area contributed by atoms with Gasteiger partial charge in [0.15, 0.2) is 0 Å². The fourth-order valence-corrected chi connectivity index (χ4v) is 1.89. The molecule has 3 rings (SSSR count). The van der Waals surface area contributed by atoms with E-state index in [1.807, 2.05) is 0 Å². The van der Waals surface area contributed by atoms with Gasteiger partial charge in [-0.1, -0.05) is 17.7 Å². The molecule has 0 bridgehead atoms. The molecule has 0 atom stereocenters. The van der Waals surface area contributed by atoms with Gasteiger partial charge in [0.25, 0.3) is 0 Å². The molecule has 0 fully saturated rings. The lowest BCUT2D eigenvalue weighted by Gasteiger charge is -2.09. The summed E-state index contributed by atoms with van der Waals surface area (Å²) >= 11 is 10.6. The van der Waals surface area contributed by atoms with Crippen molar-refractivity contribution in [1.82, 2.24) is 19.9 Å². The molecule has 2 heterocycles. The Morgan fingerprint density at radius 2 is 1.77 bits per heavy atom. The van der Waals surface area contributed by atoms with E-state index in [1.165, 1.54) is 18.6 Å². The van der Waals surface area contributed by atoms with Gasteiger partial charge in [0.1, 0.15) is 5.75 Å². The fourth-order valence-electron chi connectivity index (χ4n) is 1.71. The molecule has 0 saturated carbocycles. The molecule has 0 aliphatic rings. The first-order valence-electron chi connectivity index (χ1n) is 5.92. The van der Waals surface area contributed by atoms with Gasteiger partial charge in [-0.2, -0.15) is 8.78 Å². The van der Waals surface area contributed by atoms with Crippen molar-refractivity contribution in [1.29, 1.82) is 0 Å². The highest BCUT2D eigenvalue weighted by molar-refractivity contribution is 6.30. The van der Waals surface area contributed by atoms with Gasteiger partial charge >= 0.3 is 11.4 Å². The summed E-state index contributed by atoms with van der Waals surface area (Å²) in [5.41, 5.74) is 0.261. The summed E-state index contributed by atoms with van der Waals surface area (Å²) in [5.74, 6) is -0.453. The highest BCUT2D eigenvalue weighted by Crippen LogP contribution is 2.32. The van der Waals surface area contributed by atoms with Crippen molar-refractivity contribution in [2.45, 2.75) is 5.38 Å². The number of alkyl halides is 3. The molecule has 0 radical (unpaired) electrons. The number of hydrogen-bond donors (Lipinski definition) is 0. The predicted molar refractivity (Wildman–Crippen MR) is 76.4 cm³/mol. The van der Waals surface area contributed by atoms with E-state index in [0.29, 0.717) is 16.2 Å². The van der Waals surface area contributed by atoms with Gasteiger partial charge in [-0.05, 0) is 23.7 Å². The van der Waals surface area contributed by atoms with Crippen molar-refractivity contribution in [3.8, 4) is 11.8 Å². The lowest BCUT2D eigenvalue weighted by Crippen LogP contribution is -2.09. The molecule has 0 saturated heterocycles. The summed E-state index contributed by atoms with van der Waals surface area (Å²) in [7, 11) is 0. The maximum absolute atomic E-state index is 13.0. The molecule has 0 aliphatic heterocycles. The first-order valence-corrected chi connectivity index (χ1v) is 6.67. The summed E-state index contributed by atoms with van der Waals surface area (Å²) in [4.78, 5) is 15.1. The summed E-state index contributed by atoms with van der Waals surface area (Å²) in [6, 6.07) is 4.81. The molecule has 9 heteroatoms. The van der Waals surface area contributed by atoms with E-state index in [4.69, 9.17) is 27.9 Å². The number of ether oxygens (including phenoxy) is 1. The van der Waals surface area contributed by atoms with E-state index in [-0.39, 0.29) is 11.5 Å². The van der Waals surface area contributed by atoms with E-state index in [9.17, 15) is 8.78 Å². The Balaban J connectivity index is 2.02. The maximum atomic E-state index is 13.0. The van der Waals surface area contributed by atoms with E-state index >= 15 is 0 Å². The Bertz CT molecular complexity index is 824. The van der Waals surface area contributed by atoms with E-state index in [2.05, 4.69) is 19.9 Å². The van der Waals surface area contributed by atoms with Gasteiger partial charge in [-0.15, -0.1) is 0 Å². The Morgan fingerprint density at radius 3 is 2.45 bits per heavy atom. The van der Waals surface area contributed by atoms with Crippen LogP contribution in [-0.4, -0.2) is 19.9 Å². The number of rotatable bonds is 3. The molecule has 0 N–H and O–H groups in total. The molecular formula is C13H6Cl2F2N4O. The lowest BCUT2D eigenvalue weighted by atomic mass is 10.2. The molecule has 0 amide bonds. The molecule has 1 aromatic carbocycles. The minimum absolute atomic E-state index is 0.0589. The largest absolute Gasteiger partial charge is 0.424 e. The van der Waals surface area contributed by atoms with Gasteiger partial charge in [0.05, 0.1) is 28.3 Å². The third-order valence-corrected chi connectivity index (χ3v) is 3.00. The summed E-state index contributed by atoms with van der Waals surface area (Å²) in [6.07, 6.45) is 3.95. The zero-order valence-corrected chi connectivity index (χ0v) is 12.2. The third kappa shape index (κ3) is 3.05. The SMILES string of the molecule is FC(F)(Cl)c1ncc2c(Oc3ncc(Cl)cn3)cccc2n1. The standard InChI is InChI=1S/C13H6Cl2F2N4O/c14-7-4-19-12(20-5-7)22-10-3-1-2-9-8(10)6-18-11(21-9)13(15,16)17/h1-6H.